The van der Waals surface area contributed by atoms with E-state index in [9.17, 15) is 13.2 Å². The fraction of sp³-hybridized carbons (Fsp3) is 0.917. The second-order valence-electron chi connectivity index (χ2n) is 5.42. The molecule has 18 heavy (non-hydrogen) atoms. The van der Waals surface area contributed by atoms with Crippen LogP contribution in [0.1, 0.15) is 32.1 Å². The van der Waals surface area contributed by atoms with E-state index >= 15 is 0 Å². The smallest absolute Gasteiger partial charge is 0.238 e. The summed E-state index contributed by atoms with van der Waals surface area (Å²) in [7, 11) is -3.23. The van der Waals surface area contributed by atoms with Crippen LogP contribution in [0.15, 0.2) is 0 Å². The Bertz CT molecular complexity index is 402. The van der Waals surface area contributed by atoms with Crippen molar-refractivity contribution in [2.24, 2.45) is 0 Å². The highest BCUT2D eigenvalue weighted by Crippen LogP contribution is 2.24. The molecule has 0 bridgehead atoms. The molecular formula is C12H22N2O3S. The third-order valence-electron chi connectivity index (χ3n) is 3.82. The molecule has 0 aromatic rings. The van der Waals surface area contributed by atoms with Crippen molar-refractivity contribution >= 4 is 15.7 Å². The molecule has 2 aliphatic rings. The average Bonchev–Trinajstić information content (AvgIpc) is 2.80. The number of carbonyl (C=O) groups is 1. The van der Waals surface area contributed by atoms with Crippen LogP contribution >= 0.6 is 0 Å². The van der Waals surface area contributed by atoms with E-state index in [0.717, 1.165) is 44.9 Å². The summed E-state index contributed by atoms with van der Waals surface area (Å²) >= 11 is 0. The highest BCUT2D eigenvalue weighted by atomic mass is 32.2. The average molecular weight is 274 g/mol. The van der Waals surface area contributed by atoms with Crippen LogP contribution in [0.2, 0.25) is 0 Å². The Kier molecular flexibility index (Phi) is 4.27. The summed E-state index contributed by atoms with van der Waals surface area (Å²) in [5.74, 6) is -0.577. The Labute approximate surface area is 109 Å². The van der Waals surface area contributed by atoms with E-state index in [0.29, 0.717) is 12.6 Å². The lowest BCUT2D eigenvalue weighted by atomic mass is 9.94. The number of carbonyl (C=O) groups excluding carboxylic acids is 1. The zero-order valence-corrected chi connectivity index (χ0v) is 11.7. The predicted molar refractivity (Wildman–Crippen MR) is 70.1 cm³/mol. The summed E-state index contributed by atoms with van der Waals surface area (Å²) in [5.41, 5.74) is 0. The maximum Gasteiger partial charge on any atom is 0.238 e. The molecule has 2 aliphatic heterocycles. The molecular weight excluding hydrogens is 252 g/mol. The number of amides is 1. The third kappa shape index (κ3) is 3.45. The van der Waals surface area contributed by atoms with Crippen molar-refractivity contribution in [3.63, 3.8) is 0 Å². The van der Waals surface area contributed by atoms with Gasteiger partial charge >= 0.3 is 0 Å². The number of piperidine rings is 1. The molecule has 5 nitrogen and oxygen atoms in total. The van der Waals surface area contributed by atoms with Crippen molar-refractivity contribution in [2.45, 2.75) is 44.2 Å². The van der Waals surface area contributed by atoms with Crippen LogP contribution in [-0.2, 0) is 14.6 Å². The molecule has 104 valence electrons. The highest BCUT2D eigenvalue weighted by Gasteiger charge is 2.34. The fourth-order valence-corrected chi connectivity index (χ4v) is 3.65. The molecule has 0 spiro atoms. The first-order valence-electron chi connectivity index (χ1n) is 6.68. The third-order valence-corrected chi connectivity index (χ3v) is 4.59. The molecule has 1 amide bonds. The molecule has 0 radical (unpaired) electrons. The lowest BCUT2D eigenvalue weighted by Gasteiger charge is -2.39. The van der Waals surface area contributed by atoms with Crippen molar-refractivity contribution < 1.29 is 13.2 Å². The normalized spacial score (nSPS) is 29.5. The summed E-state index contributed by atoms with van der Waals surface area (Å²) in [6.07, 6.45) is 6.47. The summed E-state index contributed by atoms with van der Waals surface area (Å²) in [6, 6.07) is 0.546. The van der Waals surface area contributed by atoms with Gasteiger partial charge in [0.05, 0.1) is 0 Å². The summed E-state index contributed by atoms with van der Waals surface area (Å²) in [5, 5.41) is 3.43. The second-order valence-corrected chi connectivity index (χ2v) is 7.56. The first-order valence-corrected chi connectivity index (χ1v) is 8.74. The van der Waals surface area contributed by atoms with Gasteiger partial charge in [-0.1, -0.05) is 0 Å². The lowest BCUT2D eigenvalue weighted by molar-refractivity contribution is -0.132. The Balaban J connectivity index is 2.05. The number of nitrogens with zero attached hydrogens (tertiary/aromatic N) is 1. The second kappa shape index (κ2) is 5.57. The van der Waals surface area contributed by atoms with Gasteiger partial charge in [0.15, 0.2) is 9.84 Å². The maximum atomic E-state index is 12.1. The molecule has 0 aliphatic carbocycles. The molecule has 0 saturated carbocycles. The van der Waals surface area contributed by atoms with Crippen LogP contribution in [0.4, 0.5) is 0 Å². The van der Waals surface area contributed by atoms with E-state index in [2.05, 4.69) is 5.32 Å². The number of nitrogens with one attached hydrogen (secondary N) is 1. The van der Waals surface area contributed by atoms with Gasteiger partial charge in [0.2, 0.25) is 5.91 Å². The minimum Gasteiger partial charge on any atom is -0.337 e. The molecule has 0 aromatic carbocycles. The Morgan fingerprint density at radius 1 is 1.28 bits per heavy atom. The molecule has 6 heteroatoms. The topological polar surface area (TPSA) is 66.5 Å². The van der Waals surface area contributed by atoms with E-state index in [1.165, 1.54) is 0 Å². The van der Waals surface area contributed by atoms with Gasteiger partial charge in [-0.25, -0.2) is 8.42 Å². The van der Waals surface area contributed by atoms with Gasteiger partial charge in [0, 0.05) is 24.9 Å². The highest BCUT2D eigenvalue weighted by molar-refractivity contribution is 7.91. The Morgan fingerprint density at radius 3 is 2.67 bits per heavy atom. The molecule has 2 fully saturated rings. The largest absolute Gasteiger partial charge is 0.337 e. The van der Waals surface area contributed by atoms with Crippen LogP contribution in [0.3, 0.4) is 0 Å². The number of sulfone groups is 1. The van der Waals surface area contributed by atoms with Crippen LogP contribution in [-0.4, -0.2) is 56.4 Å². The first kappa shape index (κ1) is 13.8. The van der Waals surface area contributed by atoms with Gasteiger partial charge in [-0.05, 0) is 38.6 Å². The zero-order chi connectivity index (χ0) is 13.2. The minimum absolute atomic E-state index is 0.190. The van der Waals surface area contributed by atoms with Gasteiger partial charge in [0.1, 0.15) is 5.75 Å². The van der Waals surface area contributed by atoms with E-state index in [1.54, 1.807) is 4.90 Å². The first-order chi connectivity index (χ1) is 8.47. The maximum absolute atomic E-state index is 12.1. The Morgan fingerprint density at radius 2 is 2.06 bits per heavy atom. The molecule has 2 unspecified atom stereocenters. The minimum atomic E-state index is -3.23. The van der Waals surface area contributed by atoms with Gasteiger partial charge in [-0.2, -0.15) is 0 Å². The molecule has 1 N–H and O–H groups in total. The summed E-state index contributed by atoms with van der Waals surface area (Å²) in [4.78, 5) is 13.9. The van der Waals surface area contributed by atoms with Crippen molar-refractivity contribution in [3.8, 4) is 0 Å². The van der Waals surface area contributed by atoms with Crippen molar-refractivity contribution in [1.29, 1.82) is 0 Å². The van der Waals surface area contributed by atoms with Gasteiger partial charge in [-0.15, -0.1) is 0 Å². The lowest BCUT2D eigenvalue weighted by Crippen LogP contribution is -2.53. The number of hydrogen-bond donors (Lipinski definition) is 1. The summed E-state index contributed by atoms with van der Waals surface area (Å²) < 4.78 is 22.5. The molecule has 0 aromatic heterocycles. The van der Waals surface area contributed by atoms with Crippen molar-refractivity contribution in [1.82, 2.24) is 10.2 Å². The van der Waals surface area contributed by atoms with E-state index in [1.807, 2.05) is 0 Å². The monoisotopic (exact) mass is 274 g/mol. The van der Waals surface area contributed by atoms with E-state index in [4.69, 9.17) is 0 Å². The predicted octanol–water partition coefficient (Wildman–Crippen LogP) is 0.164. The molecule has 2 rings (SSSR count). The van der Waals surface area contributed by atoms with Gasteiger partial charge < -0.3 is 10.2 Å². The molecule has 2 atom stereocenters. The van der Waals surface area contributed by atoms with Crippen molar-refractivity contribution in [2.75, 3.05) is 25.1 Å². The standard InChI is InChI=1S/C12H22N2O3S/c1-18(16,17)9-12(15)14-8-3-2-6-11(14)10-5-4-7-13-10/h10-11,13H,2-9H2,1H3. The van der Waals surface area contributed by atoms with Gasteiger partial charge in [0.25, 0.3) is 0 Å². The zero-order valence-electron chi connectivity index (χ0n) is 10.9. The van der Waals surface area contributed by atoms with Crippen LogP contribution in [0.25, 0.3) is 0 Å². The van der Waals surface area contributed by atoms with Crippen LogP contribution in [0.5, 0.6) is 0 Å². The van der Waals surface area contributed by atoms with Crippen LogP contribution in [0, 0.1) is 0 Å². The van der Waals surface area contributed by atoms with E-state index < -0.39 is 9.84 Å². The Hall–Kier alpha value is -0.620. The van der Waals surface area contributed by atoms with Crippen molar-refractivity contribution in [3.05, 3.63) is 0 Å². The molecule has 2 heterocycles. The van der Waals surface area contributed by atoms with Crippen LogP contribution < -0.4 is 5.32 Å². The summed E-state index contributed by atoms with van der Waals surface area (Å²) in [6.45, 7) is 1.71. The number of hydrogen-bond acceptors (Lipinski definition) is 4. The molecule has 2 saturated heterocycles. The number of likely N-dealkylation sites (tertiary alicyclic amines) is 1. The number of rotatable bonds is 3. The van der Waals surface area contributed by atoms with Gasteiger partial charge in [-0.3, -0.25) is 4.79 Å². The fourth-order valence-electron chi connectivity index (χ4n) is 3.03. The SMILES string of the molecule is CS(=O)(=O)CC(=O)N1CCCCC1C1CCCN1. The van der Waals surface area contributed by atoms with E-state index in [-0.39, 0.29) is 17.7 Å². The quantitative estimate of drug-likeness (QED) is 0.796.